The number of nitrogens with one attached hydrogen (secondary N) is 2. The fraction of sp³-hybridized carbons (Fsp3) is 0.579. The van der Waals surface area contributed by atoms with E-state index in [1.807, 2.05) is 13.1 Å². The molecule has 2 heterocycles. The van der Waals surface area contributed by atoms with E-state index >= 15 is 0 Å². The van der Waals surface area contributed by atoms with Crippen molar-refractivity contribution in [1.82, 2.24) is 25.1 Å². The summed E-state index contributed by atoms with van der Waals surface area (Å²) in [5, 5.41) is 7.04. The van der Waals surface area contributed by atoms with E-state index in [-0.39, 0.29) is 0 Å². The summed E-state index contributed by atoms with van der Waals surface area (Å²) >= 11 is 0. The van der Waals surface area contributed by atoms with Crippen LogP contribution in [0.25, 0.3) is 11.0 Å². The highest BCUT2D eigenvalue weighted by Crippen LogP contribution is 2.29. The summed E-state index contributed by atoms with van der Waals surface area (Å²) in [6, 6.07) is 9.68. The van der Waals surface area contributed by atoms with Crippen LogP contribution in [0.15, 0.2) is 29.3 Å². The van der Waals surface area contributed by atoms with Crippen LogP contribution in [-0.4, -0.2) is 59.2 Å². The molecule has 1 aromatic carbocycles. The van der Waals surface area contributed by atoms with E-state index in [9.17, 15) is 0 Å². The largest absolute Gasteiger partial charge is 0.355 e. The van der Waals surface area contributed by atoms with Gasteiger partial charge in [0, 0.05) is 45.3 Å². The Kier molecular flexibility index (Phi) is 4.61. The minimum atomic E-state index is 0.516. The third-order valence-electron chi connectivity index (χ3n) is 5.32. The van der Waals surface area contributed by atoms with Crippen molar-refractivity contribution in [2.24, 2.45) is 4.99 Å². The van der Waals surface area contributed by atoms with Gasteiger partial charge in [0.05, 0.1) is 11.0 Å². The van der Waals surface area contributed by atoms with E-state index < -0.39 is 0 Å². The number of para-hydroxylation sites is 2. The van der Waals surface area contributed by atoms with Crippen molar-refractivity contribution in [1.29, 1.82) is 0 Å². The summed E-state index contributed by atoms with van der Waals surface area (Å²) in [6.07, 6.45) is 3.98. The van der Waals surface area contributed by atoms with Crippen LogP contribution in [0, 0.1) is 6.92 Å². The Hall–Kier alpha value is -2.08. The molecule has 2 N–H and O–H groups in total. The van der Waals surface area contributed by atoms with Gasteiger partial charge in [-0.25, -0.2) is 4.98 Å². The maximum atomic E-state index is 4.63. The second-order valence-electron chi connectivity index (χ2n) is 7.15. The first-order chi connectivity index (χ1) is 12.2. The quantitative estimate of drug-likeness (QED) is 0.643. The van der Waals surface area contributed by atoms with Crippen LogP contribution in [0.4, 0.5) is 0 Å². The Bertz CT molecular complexity index is 760. The molecule has 2 fully saturated rings. The monoisotopic (exact) mass is 340 g/mol. The summed E-state index contributed by atoms with van der Waals surface area (Å²) < 4.78 is 2.26. The molecular formula is C19H28N6. The molecule has 1 saturated heterocycles. The van der Waals surface area contributed by atoms with E-state index in [0.29, 0.717) is 6.04 Å². The number of nitrogens with zero attached hydrogens (tertiary/aromatic N) is 4. The zero-order chi connectivity index (χ0) is 17.2. The third-order valence-corrected chi connectivity index (χ3v) is 5.32. The number of guanidine groups is 1. The minimum absolute atomic E-state index is 0.516. The standard InChI is InChI=1S/C19H28N6/c1-14-22-17-5-3-4-6-18(17)25(14)12-10-21-19(20-2)23-15-9-11-24(13-15)16-7-8-16/h3-6,15-16H,7-13H2,1-2H3,(H2,20,21,23). The molecular weight excluding hydrogens is 312 g/mol. The second-order valence-corrected chi connectivity index (χ2v) is 7.15. The molecule has 0 bridgehead atoms. The van der Waals surface area contributed by atoms with Crippen LogP contribution in [-0.2, 0) is 6.54 Å². The lowest BCUT2D eigenvalue weighted by Gasteiger charge is -2.19. The van der Waals surface area contributed by atoms with Crippen molar-refractivity contribution in [3.63, 3.8) is 0 Å². The third kappa shape index (κ3) is 3.63. The summed E-state index contributed by atoms with van der Waals surface area (Å²) in [6.45, 7) is 6.15. The van der Waals surface area contributed by atoms with Crippen molar-refractivity contribution in [3.05, 3.63) is 30.1 Å². The first kappa shape index (κ1) is 16.4. The van der Waals surface area contributed by atoms with Gasteiger partial charge in [-0.1, -0.05) is 12.1 Å². The second kappa shape index (κ2) is 7.04. The summed E-state index contributed by atoms with van der Waals surface area (Å²) in [7, 11) is 1.85. The molecule has 6 heteroatoms. The van der Waals surface area contributed by atoms with Crippen LogP contribution < -0.4 is 10.6 Å². The number of hydrogen-bond acceptors (Lipinski definition) is 3. The molecule has 1 aliphatic heterocycles. The van der Waals surface area contributed by atoms with E-state index in [1.54, 1.807) is 0 Å². The highest BCUT2D eigenvalue weighted by Gasteiger charge is 2.34. The molecule has 0 spiro atoms. The predicted octanol–water partition coefficient (Wildman–Crippen LogP) is 1.75. The lowest BCUT2D eigenvalue weighted by molar-refractivity contribution is 0.321. The minimum Gasteiger partial charge on any atom is -0.355 e. The van der Waals surface area contributed by atoms with E-state index in [1.165, 1.54) is 31.3 Å². The normalized spacial score (nSPS) is 21.8. The predicted molar refractivity (Wildman–Crippen MR) is 102 cm³/mol. The Morgan fingerprint density at radius 1 is 1.28 bits per heavy atom. The van der Waals surface area contributed by atoms with Crippen molar-refractivity contribution in [3.8, 4) is 0 Å². The highest BCUT2D eigenvalue weighted by atomic mass is 15.3. The number of rotatable bonds is 5. The Balaban J connectivity index is 1.30. The molecule has 1 aromatic heterocycles. The molecule has 1 saturated carbocycles. The number of aliphatic imine (C=N–C) groups is 1. The van der Waals surface area contributed by atoms with Gasteiger partial charge in [-0.15, -0.1) is 0 Å². The zero-order valence-electron chi connectivity index (χ0n) is 15.2. The van der Waals surface area contributed by atoms with Crippen molar-refractivity contribution >= 4 is 17.0 Å². The zero-order valence-corrected chi connectivity index (χ0v) is 15.2. The van der Waals surface area contributed by atoms with Gasteiger partial charge < -0.3 is 15.2 Å². The van der Waals surface area contributed by atoms with E-state index in [4.69, 9.17) is 0 Å². The van der Waals surface area contributed by atoms with E-state index in [2.05, 4.69) is 55.2 Å². The number of fused-ring (bicyclic) bond motifs is 1. The van der Waals surface area contributed by atoms with Gasteiger partial charge >= 0.3 is 0 Å². The lowest BCUT2D eigenvalue weighted by Crippen LogP contribution is -2.45. The van der Waals surface area contributed by atoms with Gasteiger partial charge in [0.25, 0.3) is 0 Å². The topological polar surface area (TPSA) is 57.5 Å². The van der Waals surface area contributed by atoms with Gasteiger partial charge in [0.2, 0.25) is 0 Å². The van der Waals surface area contributed by atoms with Crippen LogP contribution >= 0.6 is 0 Å². The molecule has 2 aliphatic rings. The summed E-state index contributed by atoms with van der Waals surface area (Å²) in [5.74, 6) is 1.96. The van der Waals surface area contributed by atoms with Crippen molar-refractivity contribution < 1.29 is 0 Å². The first-order valence-electron chi connectivity index (χ1n) is 9.37. The molecule has 1 unspecified atom stereocenters. The van der Waals surface area contributed by atoms with Gasteiger partial charge in [-0.05, 0) is 38.3 Å². The summed E-state index contributed by atoms with van der Waals surface area (Å²) in [4.78, 5) is 11.6. The van der Waals surface area contributed by atoms with Crippen LogP contribution in [0.1, 0.15) is 25.1 Å². The molecule has 2 aromatic rings. The Labute approximate surface area is 149 Å². The fourth-order valence-corrected chi connectivity index (χ4v) is 3.83. The Morgan fingerprint density at radius 2 is 2.12 bits per heavy atom. The molecule has 134 valence electrons. The van der Waals surface area contributed by atoms with Gasteiger partial charge in [0.15, 0.2) is 5.96 Å². The number of aromatic nitrogens is 2. The van der Waals surface area contributed by atoms with Gasteiger partial charge in [-0.2, -0.15) is 0 Å². The molecule has 1 aliphatic carbocycles. The average molecular weight is 340 g/mol. The first-order valence-corrected chi connectivity index (χ1v) is 9.37. The Morgan fingerprint density at radius 3 is 2.92 bits per heavy atom. The van der Waals surface area contributed by atoms with Crippen molar-refractivity contribution in [2.75, 3.05) is 26.7 Å². The van der Waals surface area contributed by atoms with Crippen molar-refractivity contribution in [2.45, 2.75) is 44.8 Å². The van der Waals surface area contributed by atoms with Crippen LogP contribution in [0.3, 0.4) is 0 Å². The average Bonchev–Trinajstić information content (AvgIpc) is 3.29. The van der Waals surface area contributed by atoms with Crippen LogP contribution in [0.2, 0.25) is 0 Å². The molecule has 4 rings (SSSR count). The smallest absolute Gasteiger partial charge is 0.191 e. The van der Waals surface area contributed by atoms with Gasteiger partial charge in [0.1, 0.15) is 5.82 Å². The number of aryl methyl sites for hydroxylation is 1. The van der Waals surface area contributed by atoms with Gasteiger partial charge in [-0.3, -0.25) is 9.89 Å². The highest BCUT2D eigenvalue weighted by molar-refractivity contribution is 5.80. The molecule has 0 radical (unpaired) electrons. The summed E-state index contributed by atoms with van der Waals surface area (Å²) in [5.41, 5.74) is 2.26. The number of likely N-dealkylation sites (tertiary alicyclic amines) is 1. The lowest BCUT2D eigenvalue weighted by atomic mass is 10.3. The molecule has 1 atom stereocenters. The number of benzene rings is 1. The number of imidazole rings is 1. The van der Waals surface area contributed by atoms with E-state index in [0.717, 1.165) is 43.0 Å². The molecule has 0 amide bonds. The SMILES string of the molecule is CN=C(NCCn1c(C)nc2ccccc21)NC1CCN(C2CC2)C1. The van der Waals surface area contributed by atoms with Crippen LogP contribution in [0.5, 0.6) is 0 Å². The maximum absolute atomic E-state index is 4.63. The molecule has 25 heavy (non-hydrogen) atoms. The maximum Gasteiger partial charge on any atom is 0.191 e. The fourth-order valence-electron chi connectivity index (χ4n) is 3.83. The number of hydrogen-bond donors (Lipinski definition) is 2. The molecule has 6 nitrogen and oxygen atoms in total.